The normalized spacial score (nSPS) is 16.8. The van der Waals surface area contributed by atoms with Crippen LogP contribution in [-0.2, 0) is 14.4 Å². The SMILES string of the molecule is CC(=O)Nc1ccc(F)c(C(=O)N2CCCC(N(CC(=O)O)C(C)=O)CC2)c1. The number of benzene rings is 1. The number of carbonyl (C=O) groups is 4. The Bertz CT molecular complexity index is 783. The Labute approximate surface area is 162 Å². The van der Waals surface area contributed by atoms with E-state index in [1.54, 1.807) is 0 Å². The van der Waals surface area contributed by atoms with Crippen molar-refractivity contribution in [2.45, 2.75) is 39.2 Å². The fourth-order valence-corrected chi connectivity index (χ4v) is 3.38. The van der Waals surface area contributed by atoms with Gasteiger partial charge in [0, 0.05) is 38.7 Å². The second kappa shape index (κ2) is 9.29. The number of halogens is 1. The average molecular weight is 393 g/mol. The molecule has 0 aliphatic carbocycles. The highest BCUT2D eigenvalue weighted by atomic mass is 19.1. The van der Waals surface area contributed by atoms with Crippen LogP contribution in [-0.4, -0.2) is 64.3 Å². The van der Waals surface area contributed by atoms with Crippen LogP contribution in [0.4, 0.5) is 10.1 Å². The molecule has 8 nitrogen and oxygen atoms in total. The summed E-state index contributed by atoms with van der Waals surface area (Å²) >= 11 is 0. The third kappa shape index (κ3) is 5.51. The molecule has 0 bridgehead atoms. The molecule has 0 spiro atoms. The molecule has 3 amide bonds. The predicted octanol–water partition coefficient (Wildman–Crippen LogP) is 1.71. The Morgan fingerprint density at radius 3 is 2.54 bits per heavy atom. The lowest BCUT2D eigenvalue weighted by Gasteiger charge is -2.29. The van der Waals surface area contributed by atoms with Gasteiger partial charge in [0.05, 0.1) is 5.56 Å². The van der Waals surface area contributed by atoms with Crippen molar-refractivity contribution in [2.24, 2.45) is 0 Å². The summed E-state index contributed by atoms with van der Waals surface area (Å²) in [6, 6.07) is 3.52. The average Bonchev–Trinajstić information content (AvgIpc) is 2.86. The largest absolute Gasteiger partial charge is 0.480 e. The molecule has 28 heavy (non-hydrogen) atoms. The van der Waals surface area contributed by atoms with Gasteiger partial charge in [0.2, 0.25) is 11.8 Å². The molecule has 2 rings (SSSR count). The number of carbonyl (C=O) groups excluding carboxylic acids is 3. The lowest BCUT2D eigenvalue weighted by molar-refractivity contribution is -0.145. The minimum Gasteiger partial charge on any atom is -0.480 e. The molecule has 0 aromatic heterocycles. The summed E-state index contributed by atoms with van der Waals surface area (Å²) < 4.78 is 14.2. The lowest BCUT2D eigenvalue weighted by atomic mass is 10.1. The molecule has 152 valence electrons. The zero-order chi connectivity index (χ0) is 20.8. The van der Waals surface area contributed by atoms with Gasteiger partial charge in [0.1, 0.15) is 12.4 Å². The van der Waals surface area contributed by atoms with E-state index in [0.29, 0.717) is 31.5 Å². The van der Waals surface area contributed by atoms with Gasteiger partial charge in [-0.05, 0) is 37.5 Å². The summed E-state index contributed by atoms with van der Waals surface area (Å²) in [5.74, 6) is -2.94. The van der Waals surface area contributed by atoms with E-state index in [9.17, 15) is 23.6 Å². The van der Waals surface area contributed by atoms with Gasteiger partial charge in [-0.25, -0.2) is 4.39 Å². The van der Waals surface area contributed by atoms with Crippen LogP contribution < -0.4 is 5.32 Å². The summed E-state index contributed by atoms with van der Waals surface area (Å²) in [7, 11) is 0. The second-order valence-corrected chi connectivity index (χ2v) is 6.79. The van der Waals surface area contributed by atoms with Gasteiger partial charge >= 0.3 is 5.97 Å². The van der Waals surface area contributed by atoms with Crippen molar-refractivity contribution < 1.29 is 28.7 Å². The quantitative estimate of drug-likeness (QED) is 0.792. The van der Waals surface area contributed by atoms with Crippen LogP contribution in [0.5, 0.6) is 0 Å². The topological polar surface area (TPSA) is 107 Å². The summed E-state index contributed by atoms with van der Waals surface area (Å²) in [5, 5.41) is 11.5. The minimum atomic E-state index is -1.09. The van der Waals surface area contributed by atoms with E-state index >= 15 is 0 Å². The number of hydrogen-bond acceptors (Lipinski definition) is 4. The number of aliphatic carboxylic acids is 1. The van der Waals surface area contributed by atoms with Crippen LogP contribution in [0.25, 0.3) is 0 Å². The van der Waals surface area contributed by atoms with E-state index in [-0.39, 0.29) is 36.5 Å². The molecular formula is C19H24FN3O5. The monoisotopic (exact) mass is 393 g/mol. The minimum absolute atomic E-state index is 0.140. The molecule has 1 aromatic rings. The van der Waals surface area contributed by atoms with Gasteiger partial charge in [-0.15, -0.1) is 0 Å². The van der Waals surface area contributed by atoms with Gasteiger partial charge in [0.15, 0.2) is 0 Å². The molecule has 1 aliphatic heterocycles. The van der Waals surface area contributed by atoms with Crippen molar-refractivity contribution in [3.63, 3.8) is 0 Å². The number of carboxylic acids is 1. The number of anilines is 1. The number of nitrogens with zero attached hydrogens (tertiary/aromatic N) is 2. The van der Waals surface area contributed by atoms with Crippen molar-refractivity contribution in [1.82, 2.24) is 9.80 Å². The summed E-state index contributed by atoms with van der Waals surface area (Å²) in [6.45, 7) is 2.90. The number of nitrogens with one attached hydrogen (secondary N) is 1. The van der Waals surface area contributed by atoms with Crippen LogP contribution >= 0.6 is 0 Å². The highest BCUT2D eigenvalue weighted by molar-refractivity contribution is 5.97. The van der Waals surface area contributed by atoms with Crippen molar-refractivity contribution in [2.75, 3.05) is 25.0 Å². The Hall–Kier alpha value is -2.97. The van der Waals surface area contributed by atoms with Crippen LogP contribution in [0.1, 0.15) is 43.5 Å². The molecule has 1 aromatic carbocycles. The van der Waals surface area contributed by atoms with Crippen LogP contribution in [0.2, 0.25) is 0 Å². The highest BCUT2D eigenvalue weighted by Gasteiger charge is 2.28. The third-order valence-electron chi connectivity index (χ3n) is 4.65. The first-order valence-corrected chi connectivity index (χ1v) is 9.04. The summed E-state index contributed by atoms with van der Waals surface area (Å²) in [5.41, 5.74) is 0.188. The molecule has 1 heterocycles. The van der Waals surface area contributed by atoms with Gasteiger partial charge in [-0.3, -0.25) is 19.2 Å². The second-order valence-electron chi connectivity index (χ2n) is 6.79. The number of carboxylic acid groups (broad SMARTS) is 1. The number of amides is 3. The fraction of sp³-hybridized carbons (Fsp3) is 0.474. The zero-order valence-electron chi connectivity index (χ0n) is 15.9. The molecule has 9 heteroatoms. The smallest absolute Gasteiger partial charge is 0.323 e. The molecule has 0 radical (unpaired) electrons. The molecule has 1 atom stereocenters. The van der Waals surface area contributed by atoms with Crippen LogP contribution in [0.15, 0.2) is 18.2 Å². The molecule has 1 saturated heterocycles. The van der Waals surface area contributed by atoms with Crippen molar-refractivity contribution in [1.29, 1.82) is 0 Å². The summed E-state index contributed by atoms with van der Waals surface area (Å²) in [6.07, 6.45) is 1.53. The van der Waals surface area contributed by atoms with E-state index in [1.165, 1.54) is 35.8 Å². The van der Waals surface area contributed by atoms with E-state index < -0.39 is 17.7 Å². The molecule has 1 fully saturated rings. The molecule has 1 aliphatic rings. The van der Waals surface area contributed by atoms with E-state index in [1.807, 2.05) is 0 Å². The van der Waals surface area contributed by atoms with Crippen molar-refractivity contribution in [3.05, 3.63) is 29.6 Å². The number of hydrogen-bond donors (Lipinski definition) is 2. The zero-order valence-corrected chi connectivity index (χ0v) is 15.9. The van der Waals surface area contributed by atoms with Crippen LogP contribution in [0, 0.1) is 5.82 Å². The van der Waals surface area contributed by atoms with E-state index in [0.717, 1.165) is 6.07 Å². The van der Waals surface area contributed by atoms with E-state index in [4.69, 9.17) is 5.11 Å². The Morgan fingerprint density at radius 1 is 1.21 bits per heavy atom. The molecule has 0 saturated carbocycles. The Morgan fingerprint density at radius 2 is 1.93 bits per heavy atom. The first kappa shape index (κ1) is 21.3. The lowest BCUT2D eigenvalue weighted by Crippen LogP contribution is -2.43. The Kier molecular flexibility index (Phi) is 7.08. The highest BCUT2D eigenvalue weighted by Crippen LogP contribution is 2.21. The van der Waals surface area contributed by atoms with Gasteiger partial charge < -0.3 is 20.2 Å². The van der Waals surface area contributed by atoms with Crippen molar-refractivity contribution in [3.8, 4) is 0 Å². The standard InChI is InChI=1S/C19H24FN3O5/c1-12(24)21-14-5-6-17(20)16(10-14)19(28)22-8-3-4-15(7-9-22)23(13(2)25)11-18(26)27/h5-6,10,15H,3-4,7-9,11H2,1-2H3,(H,21,24)(H,26,27). The maximum atomic E-state index is 14.2. The third-order valence-corrected chi connectivity index (χ3v) is 4.65. The fourth-order valence-electron chi connectivity index (χ4n) is 3.38. The number of likely N-dealkylation sites (tertiary alicyclic amines) is 1. The van der Waals surface area contributed by atoms with Gasteiger partial charge in [-0.1, -0.05) is 0 Å². The molecular weight excluding hydrogens is 369 g/mol. The Balaban J connectivity index is 2.13. The number of rotatable bonds is 5. The maximum Gasteiger partial charge on any atom is 0.323 e. The predicted molar refractivity (Wildman–Crippen MR) is 99.3 cm³/mol. The maximum absolute atomic E-state index is 14.2. The molecule has 1 unspecified atom stereocenters. The van der Waals surface area contributed by atoms with Crippen molar-refractivity contribution >= 4 is 29.4 Å². The van der Waals surface area contributed by atoms with Gasteiger partial charge in [-0.2, -0.15) is 0 Å². The summed E-state index contributed by atoms with van der Waals surface area (Å²) in [4.78, 5) is 49.6. The van der Waals surface area contributed by atoms with Gasteiger partial charge in [0.25, 0.3) is 5.91 Å². The molecule has 2 N–H and O–H groups in total. The van der Waals surface area contributed by atoms with E-state index in [2.05, 4.69) is 5.32 Å². The van der Waals surface area contributed by atoms with Crippen LogP contribution in [0.3, 0.4) is 0 Å². The first-order chi connectivity index (χ1) is 13.2. The first-order valence-electron chi connectivity index (χ1n) is 9.04.